The van der Waals surface area contributed by atoms with Gasteiger partial charge in [0.2, 0.25) is 0 Å². The summed E-state index contributed by atoms with van der Waals surface area (Å²) in [6.07, 6.45) is 0. The number of halogens is 1. The molecular formula is C10H14BrNOS. The molecule has 0 heterocycles. The molecule has 0 radical (unpaired) electrons. The molecule has 0 aliphatic carbocycles. The third-order valence-corrected chi connectivity index (χ3v) is 3.94. The van der Waals surface area contributed by atoms with E-state index in [0.717, 1.165) is 10.0 Å². The van der Waals surface area contributed by atoms with Crippen molar-refractivity contribution in [3.05, 3.63) is 28.2 Å². The SMILES string of the molecule is CC(C)S(=O)Cc1cc(N)cc(Br)c1. The minimum Gasteiger partial charge on any atom is -0.399 e. The Morgan fingerprint density at radius 1 is 1.43 bits per heavy atom. The van der Waals surface area contributed by atoms with Crippen LogP contribution in [0.3, 0.4) is 0 Å². The van der Waals surface area contributed by atoms with Crippen LogP contribution in [0.5, 0.6) is 0 Å². The first-order valence-electron chi connectivity index (χ1n) is 4.41. The van der Waals surface area contributed by atoms with Crippen LogP contribution in [0.1, 0.15) is 19.4 Å². The zero-order valence-electron chi connectivity index (χ0n) is 8.29. The normalized spacial score (nSPS) is 13.1. The first-order chi connectivity index (χ1) is 6.49. The maximum Gasteiger partial charge on any atom is 0.0489 e. The standard InChI is InChI=1S/C10H14BrNOS/c1-7(2)14(13)6-8-3-9(11)5-10(12)4-8/h3-5,7H,6,12H2,1-2H3. The van der Waals surface area contributed by atoms with Crippen molar-refractivity contribution in [1.82, 2.24) is 0 Å². The van der Waals surface area contributed by atoms with Crippen LogP contribution in [0.4, 0.5) is 5.69 Å². The Hall–Kier alpha value is -0.350. The van der Waals surface area contributed by atoms with E-state index in [-0.39, 0.29) is 5.25 Å². The Balaban J connectivity index is 2.82. The molecule has 2 N–H and O–H groups in total. The predicted octanol–water partition coefficient (Wildman–Crippen LogP) is 2.69. The first-order valence-corrected chi connectivity index (χ1v) is 6.58. The van der Waals surface area contributed by atoms with Crippen molar-refractivity contribution >= 4 is 32.4 Å². The van der Waals surface area contributed by atoms with Crippen LogP contribution in [0, 0.1) is 0 Å². The number of hydrogen-bond donors (Lipinski definition) is 1. The largest absolute Gasteiger partial charge is 0.399 e. The molecule has 78 valence electrons. The Morgan fingerprint density at radius 2 is 2.07 bits per heavy atom. The van der Waals surface area contributed by atoms with Crippen LogP contribution in [-0.4, -0.2) is 9.46 Å². The van der Waals surface area contributed by atoms with Gasteiger partial charge in [-0.15, -0.1) is 0 Å². The van der Waals surface area contributed by atoms with Crippen molar-refractivity contribution in [3.63, 3.8) is 0 Å². The molecule has 0 bridgehead atoms. The molecule has 4 heteroatoms. The van der Waals surface area contributed by atoms with Crippen molar-refractivity contribution in [2.75, 3.05) is 5.73 Å². The van der Waals surface area contributed by atoms with E-state index in [1.165, 1.54) is 0 Å². The highest BCUT2D eigenvalue weighted by Crippen LogP contribution is 2.19. The highest BCUT2D eigenvalue weighted by molar-refractivity contribution is 9.10. The van der Waals surface area contributed by atoms with Gasteiger partial charge >= 0.3 is 0 Å². The average molecular weight is 276 g/mol. The Bertz CT molecular complexity index is 332. The zero-order chi connectivity index (χ0) is 10.7. The lowest BCUT2D eigenvalue weighted by Gasteiger charge is -2.06. The lowest BCUT2D eigenvalue weighted by molar-refractivity contribution is 0.676. The fourth-order valence-corrected chi connectivity index (χ4v) is 2.48. The van der Waals surface area contributed by atoms with Gasteiger partial charge in [-0.3, -0.25) is 4.21 Å². The second-order valence-corrected chi connectivity index (χ2v) is 6.38. The van der Waals surface area contributed by atoms with Crippen LogP contribution in [-0.2, 0) is 16.6 Å². The molecule has 0 aliphatic heterocycles. The van der Waals surface area contributed by atoms with Gasteiger partial charge < -0.3 is 5.73 Å². The summed E-state index contributed by atoms with van der Waals surface area (Å²) in [7, 11) is -0.816. The molecule has 1 aromatic carbocycles. The topological polar surface area (TPSA) is 43.1 Å². The molecule has 0 saturated heterocycles. The van der Waals surface area contributed by atoms with Crippen molar-refractivity contribution in [2.24, 2.45) is 0 Å². The molecule has 1 aromatic rings. The third kappa shape index (κ3) is 3.42. The molecule has 2 nitrogen and oxygen atoms in total. The first kappa shape index (κ1) is 11.7. The minimum absolute atomic E-state index is 0.190. The fourth-order valence-electron chi connectivity index (χ4n) is 1.09. The van der Waals surface area contributed by atoms with Crippen molar-refractivity contribution in [3.8, 4) is 0 Å². The van der Waals surface area contributed by atoms with Gasteiger partial charge in [-0.05, 0) is 23.8 Å². The van der Waals surface area contributed by atoms with Gasteiger partial charge in [0.25, 0.3) is 0 Å². The molecule has 0 aliphatic rings. The molecule has 0 saturated carbocycles. The number of rotatable bonds is 3. The second kappa shape index (κ2) is 4.94. The molecule has 1 rings (SSSR count). The quantitative estimate of drug-likeness (QED) is 0.862. The Labute approximate surface area is 95.5 Å². The highest BCUT2D eigenvalue weighted by atomic mass is 79.9. The smallest absolute Gasteiger partial charge is 0.0489 e. The van der Waals surface area contributed by atoms with Crippen molar-refractivity contribution in [2.45, 2.75) is 24.9 Å². The number of nitrogen functional groups attached to an aromatic ring is 1. The Morgan fingerprint density at radius 3 is 2.57 bits per heavy atom. The Kier molecular flexibility index (Phi) is 4.13. The number of anilines is 1. The van der Waals surface area contributed by atoms with Gasteiger partial charge in [-0.1, -0.05) is 29.8 Å². The summed E-state index contributed by atoms with van der Waals surface area (Å²) in [5.41, 5.74) is 7.40. The molecule has 1 unspecified atom stereocenters. The van der Waals surface area contributed by atoms with E-state index < -0.39 is 10.8 Å². The van der Waals surface area contributed by atoms with Crippen molar-refractivity contribution < 1.29 is 4.21 Å². The van der Waals surface area contributed by atoms with Gasteiger partial charge in [-0.25, -0.2) is 0 Å². The van der Waals surface area contributed by atoms with E-state index in [0.29, 0.717) is 11.4 Å². The summed E-state index contributed by atoms with van der Waals surface area (Å²) in [5, 5.41) is 0.190. The van der Waals surface area contributed by atoms with Crippen molar-refractivity contribution in [1.29, 1.82) is 0 Å². The van der Waals surface area contributed by atoms with Crippen LogP contribution in [0.2, 0.25) is 0 Å². The maximum atomic E-state index is 11.6. The number of benzene rings is 1. The number of hydrogen-bond acceptors (Lipinski definition) is 2. The molecule has 14 heavy (non-hydrogen) atoms. The molecule has 0 aromatic heterocycles. The molecule has 0 fully saturated rings. The minimum atomic E-state index is -0.816. The molecular weight excluding hydrogens is 262 g/mol. The van der Waals surface area contributed by atoms with Crippen LogP contribution < -0.4 is 5.73 Å². The van der Waals surface area contributed by atoms with Crippen LogP contribution in [0.15, 0.2) is 22.7 Å². The summed E-state index contributed by atoms with van der Waals surface area (Å²) < 4.78 is 12.5. The predicted molar refractivity (Wildman–Crippen MR) is 65.5 cm³/mol. The fraction of sp³-hybridized carbons (Fsp3) is 0.400. The molecule has 0 amide bonds. The zero-order valence-corrected chi connectivity index (χ0v) is 10.7. The third-order valence-electron chi connectivity index (χ3n) is 1.81. The highest BCUT2D eigenvalue weighted by Gasteiger charge is 2.07. The molecule has 0 spiro atoms. The summed E-state index contributed by atoms with van der Waals surface area (Å²) in [6, 6.07) is 5.66. The van der Waals surface area contributed by atoms with Gasteiger partial charge in [0, 0.05) is 32.0 Å². The van der Waals surface area contributed by atoms with Gasteiger partial charge in [-0.2, -0.15) is 0 Å². The van der Waals surface area contributed by atoms with Gasteiger partial charge in [0.05, 0.1) is 0 Å². The van der Waals surface area contributed by atoms with E-state index in [9.17, 15) is 4.21 Å². The van der Waals surface area contributed by atoms with E-state index >= 15 is 0 Å². The van der Waals surface area contributed by atoms with E-state index in [1.807, 2.05) is 32.0 Å². The van der Waals surface area contributed by atoms with Gasteiger partial charge in [0.15, 0.2) is 0 Å². The summed E-state index contributed by atoms with van der Waals surface area (Å²) in [4.78, 5) is 0. The lowest BCUT2D eigenvalue weighted by Crippen LogP contribution is -2.08. The van der Waals surface area contributed by atoms with Gasteiger partial charge in [0.1, 0.15) is 0 Å². The van der Waals surface area contributed by atoms with E-state index in [1.54, 1.807) is 0 Å². The summed E-state index contributed by atoms with van der Waals surface area (Å²) in [6.45, 7) is 3.91. The lowest BCUT2D eigenvalue weighted by atomic mass is 10.2. The maximum absolute atomic E-state index is 11.6. The van der Waals surface area contributed by atoms with E-state index in [2.05, 4.69) is 15.9 Å². The summed E-state index contributed by atoms with van der Waals surface area (Å²) >= 11 is 3.36. The second-order valence-electron chi connectivity index (χ2n) is 3.47. The average Bonchev–Trinajstić information content (AvgIpc) is 2.01. The van der Waals surface area contributed by atoms with E-state index in [4.69, 9.17) is 5.73 Å². The monoisotopic (exact) mass is 275 g/mol. The molecule has 1 atom stereocenters. The van der Waals surface area contributed by atoms with Crippen LogP contribution in [0.25, 0.3) is 0 Å². The van der Waals surface area contributed by atoms with Crippen LogP contribution >= 0.6 is 15.9 Å². The summed E-state index contributed by atoms with van der Waals surface area (Å²) in [5.74, 6) is 0.571. The number of nitrogens with two attached hydrogens (primary N) is 1.